The summed E-state index contributed by atoms with van der Waals surface area (Å²) >= 11 is 0. The van der Waals surface area contributed by atoms with Gasteiger partial charge in [0.1, 0.15) is 17.7 Å². The lowest BCUT2D eigenvalue weighted by molar-refractivity contribution is 0.0694. The minimum absolute atomic E-state index is 0.129. The molecule has 1 aromatic heterocycles. The second-order valence-corrected chi connectivity index (χ2v) is 4.94. The quantitative estimate of drug-likeness (QED) is 0.673. The first-order chi connectivity index (χ1) is 9.84. The molecule has 0 saturated carbocycles. The second kappa shape index (κ2) is 4.11. The average molecular weight is 293 g/mol. The van der Waals surface area contributed by atoms with Crippen LogP contribution in [0.3, 0.4) is 0 Å². The number of pyridine rings is 1. The maximum atomic E-state index is 14.2. The number of nitrogens with zero attached hydrogens (tertiary/aromatic N) is 1. The van der Waals surface area contributed by atoms with E-state index in [2.05, 4.69) is 0 Å². The Labute approximate surface area is 117 Å². The second-order valence-electron chi connectivity index (χ2n) is 4.94. The molecule has 2 aromatic rings. The normalized spacial score (nSPS) is 16.8. The Hall–Kier alpha value is -2.77. The number of aromatic carboxylic acids is 1. The largest absolute Gasteiger partial charge is 0.486 e. The Kier molecular flexibility index (Phi) is 2.59. The van der Waals surface area contributed by atoms with Gasteiger partial charge in [-0.2, -0.15) is 0 Å². The van der Waals surface area contributed by atoms with E-state index in [0.717, 1.165) is 0 Å². The van der Waals surface area contributed by atoms with Gasteiger partial charge in [-0.05, 0) is 6.92 Å². The molecule has 1 unspecified atom stereocenters. The molecule has 8 heteroatoms. The lowest BCUT2D eigenvalue weighted by Crippen LogP contribution is -2.28. The maximum Gasteiger partial charge on any atom is 0.341 e. The Morgan fingerprint density at radius 1 is 1.48 bits per heavy atom. The fraction of sp³-hybridized carbons (Fsp3) is 0.231. The zero-order chi connectivity index (χ0) is 15.5. The van der Waals surface area contributed by atoms with E-state index in [1.54, 1.807) is 6.92 Å². The third kappa shape index (κ3) is 1.58. The van der Waals surface area contributed by atoms with Gasteiger partial charge in [0.2, 0.25) is 5.43 Å². The van der Waals surface area contributed by atoms with E-state index < -0.39 is 28.5 Å². The third-order valence-electron chi connectivity index (χ3n) is 3.62. The molecule has 1 aliphatic heterocycles. The number of carboxylic acids is 1. The molecule has 0 fully saturated rings. The molecule has 110 valence electrons. The molecule has 0 saturated heterocycles. The number of anilines is 2. The van der Waals surface area contributed by atoms with Crippen LogP contribution in [0.25, 0.3) is 10.9 Å². The van der Waals surface area contributed by atoms with Gasteiger partial charge in [-0.15, -0.1) is 0 Å². The number of carboxylic acid groups (broad SMARTS) is 1. The summed E-state index contributed by atoms with van der Waals surface area (Å²) in [6, 6.07) is -0.277. The van der Waals surface area contributed by atoms with E-state index >= 15 is 0 Å². The Balaban J connectivity index is 2.64. The summed E-state index contributed by atoms with van der Waals surface area (Å²) < 4.78 is 21.0. The van der Waals surface area contributed by atoms with Crippen LogP contribution in [0.5, 0.6) is 5.75 Å². The number of rotatable bonds is 1. The van der Waals surface area contributed by atoms with Gasteiger partial charge in [0, 0.05) is 6.20 Å². The number of aromatic nitrogens is 1. The molecule has 0 aliphatic carbocycles. The lowest BCUT2D eigenvalue weighted by Gasteiger charge is -2.28. The molecule has 0 bridgehead atoms. The van der Waals surface area contributed by atoms with Crippen LogP contribution in [-0.2, 0) is 0 Å². The van der Waals surface area contributed by atoms with Crippen molar-refractivity contribution in [2.75, 3.05) is 18.1 Å². The number of nitrogens with two attached hydrogens (primary N) is 2. The molecule has 1 aliphatic rings. The number of nitrogen functional groups attached to an aromatic ring is 2. The van der Waals surface area contributed by atoms with Gasteiger partial charge in [0.05, 0.1) is 22.8 Å². The summed E-state index contributed by atoms with van der Waals surface area (Å²) in [6.45, 7) is 1.88. The topological polar surface area (TPSA) is 121 Å². The first-order valence-electron chi connectivity index (χ1n) is 6.16. The molecule has 21 heavy (non-hydrogen) atoms. The number of hydrogen-bond donors (Lipinski definition) is 3. The summed E-state index contributed by atoms with van der Waals surface area (Å²) in [5.41, 5.74) is 9.47. The molecule has 7 nitrogen and oxygen atoms in total. The number of carbonyl (C=O) groups is 1. The minimum atomic E-state index is -1.38. The standard InChI is InChI=1S/C13H12FN3O4/c1-4-3-21-12-7(14)9(16)8(15)6-10(12)17(4)2-5(11(6)18)13(19)20/h2,4H,3,15-16H2,1H3,(H,19,20). The molecule has 1 atom stereocenters. The van der Waals surface area contributed by atoms with Gasteiger partial charge < -0.3 is 25.9 Å². The zero-order valence-corrected chi connectivity index (χ0v) is 11.0. The minimum Gasteiger partial charge on any atom is -0.486 e. The van der Waals surface area contributed by atoms with E-state index in [0.29, 0.717) is 0 Å². The van der Waals surface area contributed by atoms with Gasteiger partial charge >= 0.3 is 5.97 Å². The molecular weight excluding hydrogens is 281 g/mol. The van der Waals surface area contributed by atoms with Crippen LogP contribution < -0.4 is 21.6 Å². The van der Waals surface area contributed by atoms with Crippen molar-refractivity contribution >= 4 is 28.2 Å². The summed E-state index contributed by atoms with van der Waals surface area (Å²) in [4.78, 5) is 23.5. The van der Waals surface area contributed by atoms with Crippen LogP contribution >= 0.6 is 0 Å². The number of benzene rings is 1. The van der Waals surface area contributed by atoms with Crippen molar-refractivity contribution in [3.8, 4) is 5.75 Å². The van der Waals surface area contributed by atoms with Crippen LogP contribution in [0.4, 0.5) is 15.8 Å². The third-order valence-corrected chi connectivity index (χ3v) is 3.62. The molecular formula is C13H12FN3O4. The van der Waals surface area contributed by atoms with Crippen LogP contribution in [-0.4, -0.2) is 22.2 Å². The van der Waals surface area contributed by atoms with Crippen molar-refractivity contribution in [2.45, 2.75) is 13.0 Å². The maximum absolute atomic E-state index is 14.2. The zero-order valence-electron chi connectivity index (χ0n) is 11.0. The van der Waals surface area contributed by atoms with E-state index in [1.165, 1.54) is 10.8 Å². The Morgan fingerprint density at radius 2 is 2.14 bits per heavy atom. The Bertz CT molecular complexity index is 859. The molecule has 0 spiro atoms. The fourth-order valence-electron chi connectivity index (χ4n) is 2.51. The van der Waals surface area contributed by atoms with E-state index in [1.807, 2.05) is 0 Å². The van der Waals surface area contributed by atoms with Crippen LogP contribution in [0.1, 0.15) is 23.3 Å². The summed E-state index contributed by atoms with van der Waals surface area (Å²) in [6.07, 6.45) is 1.18. The van der Waals surface area contributed by atoms with E-state index in [4.69, 9.17) is 21.3 Å². The van der Waals surface area contributed by atoms with Crippen molar-refractivity contribution in [1.82, 2.24) is 4.57 Å². The van der Waals surface area contributed by atoms with Crippen molar-refractivity contribution in [3.63, 3.8) is 0 Å². The van der Waals surface area contributed by atoms with E-state index in [-0.39, 0.29) is 35.0 Å². The molecule has 2 heterocycles. The molecule has 0 radical (unpaired) electrons. The number of hydrogen-bond acceptors (Lipinski definition) is 5. The van der Waals surface area contributed by atoms with Crippen LogP contribution in [0.15, 0.2) is 11.0 Å². The highest BCUT2D eigenvalue weighted by Gasteiger charge is 2.29. The first-order valence-corrected chi connectivity index (χ1v) is 6.16. The summed E-state index contributed by atoms with van der Waals surface area (Å²) in [5, 5.41) is 9.01. The summed E-state index contributed by atoms with van der Waals surface area (Å²) in [5.74, 6) is -2.40. The van der Waals surface area contributed by atoms with Crippen LogP contribution in [0.2, 0.25) is 0 Å². The van der Waals surface area contributed by atoms with Gasteiger partial charge in [-0.1, -0.05) is 0 Å². The number of halogens is 1. The van der Waals surface area contributed by atoms with Crippen molar-refractivity contribution in [2.24, 2.45) is 0 Å². The van der Waals surface area contributed by atoms with Gasteiger partial charge in [-0.25, -0.2) is 9.18 Å². The van der Waals surface area contributed by atoms with Crippen LogP contribution in [0, 0.1) is 5.82 Å². The molecule has 3 rings (SSSR count). The SMILES string of the molecule is CC1COc2c(F)c(N)c(N)c3c(=O)c(C(=O)O)cn1c23. The predicted octanol–water partition coefficient (Wildman–Crippen LogP) is 0.957. The van der Waals surface area contributed by atoms with Gasteiger partial charge in [0.15, 0.2) is 11.6 Å². The average Bonchev–Trinajstić information content (AvgIpc) is 2.43. The van der Waals surface area contributed by atoms with E-state index in [9.17, 15) is 14.0 Å². The monoisotopic (exact) mass is 293 g/mol. The van der Waals surface area contributed by atoms with Gasteiger partial charge in [-0.3, -0.25) is 4.79 Å². The molecule has 1 aromatic carbocycles. The fourth-order valence-corrected chi connectivity index (χ4v) is 2.51. The highest BCUT2D eigenvalue weighted by atomic mass is 19.1. The number of ether oxygens (including phenoxy) is 1. The predicted molar refractivity (Wildman–Crippen MR) is 74.2 cm³/mol. The highest BCUT2D eigenvalue weighted by Crippen LogP contribution is 2.40. The van der Waals surface area contributed by atoms with Crippen molar-refractivity contribution in [1.29, 1.82) is 0 Å². The Morgan fingerprint density at radius 3 is 2.76 bits per heavy atom. The summed E-state index contributed by atoms with van der Waals surface area (Å²) in [7, 11) is 0. The van der Waals surface area contributed by atoms with Gasteiger partial charge in [0.25, 0.3) is 0 Å². The lowest BCUT2D eigenvalue weighted by atomic mass is 10.0. The van der Waals surface area contributed by atoms with Crippen molar-refractivity contribution < 1.29 is 19.0 Å². The highest BCUT2D eigenvalue weighted by molar-refractivity contribution is 6.04. The molecule has 5 N–H and O–H groups in total. The molecule has 0 amide bonds. The smallest absolute Gasteiger partial charge is 0.341 e. The van der Waals surface area contributed by atoms with Crippen molar-refractivity contribution in [3.05, 3.63) is 27.8 Å². The first kappa shape index (κ1) is 13.2.